The van der Waals surface area contributed by atoms with E-state index < -0.39 is 5.97 Å². The lowest BCUT2D eigenvalue weighted by Gasteiger charge is -2.12. The van der Waals surface area contributed by atoms with E-state index >= 15 is 0 Å². The van der Waals surface area contributed by atoms with Crippen LogP contribution in [0.4, 0.5) is 10.5 Å². The highest BCUT2D eigenvalue weighted by atomic mass is 16.4. The van der Waals surface area contributed by atoms with Gasteiger partial charge in [0, 0.05) is 18.8 Å². The zero-order valence-corrected chi connectivity index (χ0v) is 10.8. The number of carbonyl (C=O) groups excluding carboxylic acids is 1. The number of hydrogen-bond donors (Lipinski definition) is 3. The molecule has 1 aliphatic carbocycles. The molecular formula is C12H18N4O3. The summed E-state index contributed by atoms with van der Waals surface area (Å²) < 4.78 is 1.71. The number of urea groups is 1. The second-order valence-electron chi connectivity index (χ2n) is 4.73. The van der Waals surface area contributed by atoms with Crippen LogP contribution >= 0.6 is 0 Å². The van der Waals surface area contributed by atoms with Crippen LogP contribution in [0.2, 0.25) is 0 Å². The van der Waals surface area contributed by atoms with Crippen LogP contribution in [-0.4, -0.2) is 32.9 Å². The van der Waals surface area contributed by atoms with Gasteiger partial charge in [0.1, 0.15) is 0 Å². The molecule has 0 radical (unpaired) electrons. The minimum atomic E-state index is -0.783. The van der Waals surface area contributed by atoms with Crippen molar-refractivity contribution < 1.29 is 14.7 Å². The van der Waals surface area contributed by atoms with Gasteiger partial charge in [-0.25, -0.2) is 4.79 Å². The molecule has 1 aliphatic rings. The molecule has 2 amide bonds. The first-order valence-electron chi connectivity index (χ1n) is 6.41. The van der Waals surface area contributed by atoms with Gasteiger partial charge >= 0.3 is 12.0 Å². The molecule has 0 bridgehead atoms. The number of nitrogens with one attached hydrogen (secondary N) is 2. The predicted molar refractivity (Wildman–Crippen MR) is 68.8 cm³/mol. The van der Waals surface area contributed by atoms with E-state index in [1.165, 1.54) is 0 Å². The Balaban J connectivity index is 1.80. The highest BCUT2D eigenvalue weighted by molar-refractivity contribution is 5.89. The fourth-order valence-corrected chi connectivity index (χ4v) is 2.29. The topological polar surface area (TPSA) is 96.2 Å². The largest absolute Gasteiger partial charge is 0.481 e. The molecule has 2 unspecified atom stereocenters. The number of carboxylic acids is 1. The van der Waals surface area contributed by atoms with E-state index in [1.807, 2.05) is 6.92 Å². The van der Waals surface area contributed by atoms with Crippen molar-refractivity contribution in [2.75, 3.05) is 5.32 Å². The lowest BCUT2D eigenvalue weighted by Crippen LogP contribution is -2.36. The Morgan fingerprint density at radius 3 is 2.89 bits per heavy atom. The van der Waals surface area contributed by atoms with Crippen molar-refractivity contribution in [3.8, 4) is 0 Å². The summed E-state index contributed by atoms with van der Waals surface area (Å²) in [6, 6.07) is -0.381. The van der Waals surface area contributed by atoms with E-state index in [2.05, 4.69) is 15.7 Å². The number of carboxylic acid groups (broad SMARTS) is 1. The van der Waals surface area contributed by atoms with Crippen molar-refractivity contribution in [2.24, 2.45) is 5.92 Å². The van der Waals surface area contributed by atoms with Gasteiger partial charge in [-0.2, -0.15) is 5.10 Å². The Hall–Kier alpha value is -2.05. The third-order valence-electron chi connectivity index (χ3n) is 3.33. The second kappa shape index (κ2) is 5.73. The molecule has 1 aromatic heterocycles. The van der Waals surface area contributed by atoms with E-state index in [4.69, 9.17) is 5.11 Å². The van der Waals surface area contributed by atoms with Gasteiger partial charge in [0.25, 0.3) is 0 Å². The van der Waals surface area contributed by atoms with Gasteiger partial charge in [0.05, 0.1) is 17.8 Å². The van der Waals surface area contributed by atoms with Crippen molar-refractivity contribution in [3.63, 3.8) is 0 Å². The Labute approximate surface area is 111 Å². The van der Waals surface area contributed by atoms with Crippen LogP contribution in [0.3, 0.4) is 0 Å². The van der Waals surface area contributed by atoms with Gasteiger partial charge in [-0.3, -0.25) is 9.48 Å². The zero-order chi connectivity index (χ0) is 13.8. The highest BCUT2D eigenvalue weighted by Crippen LogP contribution is 2.25. The molecule has 7 nitrogen and oxygen atoms in total. The average molecular weight is 266 g/mol. The Morgan fingerprint density at radius 1 is 1.53 bits per heavy atom. The molecule has 104 valence electrons. The van der Waals surface area contributed by atoms with E-state index in [1.54, 1.807) is 17.1 Å². The first kappa shape index (κ1) is 13.4. The summed E-state index contributed by atoms with van der Waals surface area (Å²) in [5, 5.41) is 18.4. The fourth-order valence-electron chi connectivity index (χ4n) is 2.29. The molecule has 0 saturated heterocycles. The number of aromatic nitrogens is 2. The van der Waals surface area contributed by atoms with Gasteiger partial charge in [0.15, 0.2) is 0 Å². The molecule has 1 saturated carbocycles. The maximum Gasteiger partial charge on any atom is 0.319 e. The summed E-state index contributed by atoms with van der Waals surface area (Å²) in [4.78, 5) is 22.6. The normalized spacial score (nSPS) is 22.2. The average Bonchev–Trinajstić information content (AvgIpc) is 2.98. The molecule has 7 heteroatoms. The number of carbonyl (C=O) groups is 2. The van der Waals surface area contributed by atoms with Crippen molar-refractivity contribution in [1.29, 1.82) is 0 Å². The molecule has 2 atom stereocenters. The van der Waals surface area contributed by atoms with Crippen molar-refractivity contribution >= 4 is 17.7 Å². The van der Waals surface area contributed by atoms with E-state index in [9.17, 15) is 9.59 Å². The smallest absolute Gasteiger partial charge is 0.319 e. The summed E-state index contributed by atoms with van der Waals surface area (Å²) >= 11 is 0. The minimum absolute atomic E-state index is 0.0673. The molecular weight excluding hydrogens is 248 g/mol. The van der Waals surface area contributed by atoms with Crippen LogP contribution in [-0.2, 0) is 11.3 Å². The third-order valence-corrected chi connectivity index (χ3v) is 3.33. The van der Waals surface area contributed by atoms with E-state index in [0.717, 1.165) is 6.54 Å². The Morgan fingerprint density at radius 2 is 2.32 bits per heavy atom. The van der Waals surface area contributed by atoms with E-state index in [-0.39, 0.29) is 18.0 Å². The molecule has 0 spiro atoms. The molecule has 1 heterocycles. The zero-order valence-electron chi connectivity index (χ0n) is 10.8. The molecule has 0 aliphatic heterocycles. The summed E-state index contributed by atoms with van der Waals surface area (Å²) in [6.45, 7) is 2.70. The maximum atomic E-state index is 11.7. The number of rotatable bonds is 4. The lowest BCUT2D eigenvalue weighted by atomic mass is 10.1. The molecule has 1 fully saturated rings. The summed E-state index contributed by atoms with van der Waals surface area (Å²) in [6.07, 6.45) is 5.15. The van der Waals surface area contributed by atoms with Crippen LogP contribution in [0.15, 0.2) is 12.4 Å². The first-order chi connectivity index (χ1) is 9.08. The number of aryl methyl sites for hydroxylation is 1. The van der Waals surface area contributed by atoms with Gasteiger partial charge in [-0.15, -0.1) is 0 Å². The molecule has 1 aromatic rings. The number of nitrogens with zero attached hydrogens (tertiary/aromatic N) is 2. The predicted octanol–water partition coefficient (Wildman–Crippen LogP) is 1.28. The van der Waals surface area contributed by atoms with Crippen LogP contribution in [0.5, 0.6) is 0 Å². The lowest BCUT2D eigenvalue weighted by molar-refractivity contribution is -0.141. The van der Waals surface area contributed by atoms with Crippen LogP contribution < -0.4 is 10.6 Å². The molecule has 2 rings (SSSR count). The standard InChI is InChI=1S/C12H18N4O3/c1-2-16-7-10(6-13-16)15-12(19)14-9-4-3-8(5-9)11(17)18/h6-9H,2-5H2,1H3,(H,17,18)(H2,14,15,19). The van der Waals surface area contributed by atoms with Crippen LogP contribution in [0, 0.1) is 5.92 Å². The van der Waals surface area contributed by atoms with Crippen molar-refractivity contribution in [3.05, 3.63) is 12.4 Å². The SMILES string of the molecule is CCn1cc(NC(=O)NC2CCC(C(=O)O)C2)cn1. The van der Waals surface area contributed by atoms with Gasteiger partial charge in [-0.1, -0.05) is 0 Å². The second-order valence-corrected chi connectivity index (χ2v) is 4.73. The van der Waals surface area contributed by atoms with Crippen molar-refractivity contribution in [2.45, 2.75) is 38.8 Å². The molecule has 3 N–H and O–H groups in total. The first-order valence-corrected chi connectivity index (χ1v) is 6.41. The van der Waals surface area contributed by atoms with Crippen LogP contribution in [0.25, 0.3) is 0 Å². The maximum absolute atomic E-state index is 11.7. The number of anilines is 1. The number of hydrogen-bond acceptors (Lipinski definition) is 3. The van der Waals surface area contributed by atoms with Crippen molar-refractivity contribution in [1.82, 2.24) is 15.1 Å². The third kappa shape index (κ3) is 3.46. The quantitative estimate of drug-likeness (QED) is 0.764. The van der Waals surface area contributed by atoms with E-state index in [0.29, 0.717) is 24.9 Å². The summed E-state index contributed by atoms with van der Waals surface area (Å²) in [7, 11) is 0. The highest BCUT2D eigenvalue weighted by Gasteiger charge is 2.30. The van der Waals surface area contributed by atoms with Gasteiger partial charge in [-0.05, 0) is 26.2 Å². The Bertz CT molecular complexity index is 471. The fraction of sp³-hybridized carbons (Fsp3) is 0.583. The monoisotopic (exact) mass is 266 g/mol. The number of amides is 2. The van der Waals surface area contributed by atoms with Gasteiger partial charge < -0.3 is 15.7 Å². The molecule has 0 aromatic carbocycles. The summed E-state index contributed by atoms with van der Waals surface area (Å²) in [5.74, 6) is -1.12. The number of aliphatic carboxylic acids is 1. The molecule has 19 heavy (non-hydrogen) atoms. The minimum Gasteiger partial charge on any atom is -0.481 e. The van der Waals surface area contributed by atoms with Gasteiger partial charge in [0.2, 0.25) is 0 Å². The Kier molecular flexibility index (Phi) is 4.03. The summed E-state index contributed by atoms with van der Waals surface area (Å²) in [5.41, 5.74) is 0.632. The van der Waals surface area contributed by atoms with Crippen LogP contribution in [0.1, 0.15) is 26.2 Å².